The highest BCUT2D eigenvalue weighted by Gasteiger charge is 2.34. The lowest BCUT2D eigenvalue weighted by atomic mass is 9.98. The van der Waals surface area contributed by atoms with Crippen LogP contribution in [0, 0.1) is 5.92 Å². The van der Waals surface area contributed by atoms with Crippen molar-refractivity contribution in [2.24, 2.45) is 11.7 Å². The second-order valence-electron chi connectivity index (χ2n) is 3.94. The number of primary amides is 1. The Labute approximate surface area is 77.8 Å². The van der Waals surface area contributed by atoms with E-state index in [0.717, 1.165) is 13.0 Å². The van der Waals surface area contributed by atoms with Crippen molar-refractivity contribution in [3.63, 3.8) is 0 Å². The Morgan fingerprint density at radius 2 is 2.23 bits per heavy atom. The van der Waals surface area contributed by atoms with Gasteiger partial charge in [-0.25, -0.2) is 0 Å². The molecular weight excluding hydrogens is 168 g/mol. The monoisotopic (exact) mass is 184 g/mol. The van der Waals surface area contributed by atoms with Crippen molar-refractivity contribution in [1.82, 2.24) is 5.32 Å². The van der Waals surface area contributed by atoms with Crippen molar-refractivity contribution < 1.29 is 9.53 Å². The first-order chi connectivity index (χ1) is 6.27. The normalized spacial score (nSPS) is 30.3. The maximum atomic E-state index is 11.2. The van der Waals surface area contributed by atoms with Gasteiger partial charge in [0, 0.05) is 18.6 Å². The van der Waals surface area contributed by atoms with Gasteiger partial charge in [-0.2, -0.15) is 0 Å². The zero-order valence-electron chi connectivity index (χ0n) is 7.66. The van der Waals surface area contributed by atoms with Crippen LogP contribution in [0.25, 0.3) is 0 Å². The van der Waals surface area contributed by atoms with E-state index >= 15 is 0 Å². The van der Waals surface area contributed by atoms with Crippen LogP contribution in [0.5, 0.6) is 0 Å². The highest BCUT2D eigenvalue weighted by atomic mass is 16.5. The zero-order valence-corrected chi connectivity index (χ0v) is 7.66. The van der Waals surface area contributed by atoms with Gasteiger partial charge in [-0.05, 0) is 19.3 Å². The summed E-state index contributed by atoms with van der Waals surface area (Å²) < 4.78 is 5.24. The first-order valence-electron chi connectivity index (χ1n) is 4.90. The molecule has 74 valence electrons. The number of hydrogen-bond donors (Lipinski definition) is 2. The molecule has 1 aliphatic heterocycles. The van der Waals surface area contributed by atoms with E-state index in [-0.39, 0.29) is 17.9 Å². The summed E-state index contributed by atoms with van der Waals surface area (Å²) in [5.74, 6) is 0.0560. The van der Waals surface area contributed by atoms with E-state index in [1.165, 1.54) is 12.8 Å². The standard InChI is InChI=1S/C9H16N2O2/c10-9(12)8(11-7-1-2-7)6-3-4-13-5-6/h6-8,11H,1-5H2,(H2,10,12). The zero-order chi connectivity index (χ0) is 9.26. The van der Waals surface area contributed by atoms with E-state index in [1.807, 2.05) is 0 Å². The molecule has 1 saturated carbocycles. The lowest BCUT2D eigenvalue weighted by molar-refractivity contribution is -0.121. The molecule has 0 radical (unpaired) electrons. The fourth-order valence-electron chi connectivity index (χ4n) is 1.77. The third-order valence-electron chi connectivity index (χ3n) is 2.74. The van der Waals surface area contributed by atoms with E-state index in [0.29, 0.717) is 12.6 Å². The first-order valence-corrected chi connectivity index (χ1v) is 4.90. The van der Waals surface area contributed by atoms with Crippen LogP contribution in [0.3, 0.4) is 0 Å². The van der Waals surface area contributed by atoms with E-state index in [1.54, 1.807) is 0 Å². The summed E-state index contributed by atoms with van der Waals surface area (Å²) in [6, 6.07) is 0.355. The van der Waals surface area contributed by atoms with Gasteiger partial charge in [-0.15, -0.1) is 0 Å². The van der Waals surface area contributed by atoms with Gasteiger partial charge in [0.25, 0.3) is 0 Å². The maximum absolute atomic E-state index is 11.2. The molecule has 0 aromatic heterocycles. The van der Waals surface area contributed by atoms with Gasteiger partial charge in [-0.1, -0.05) is 0 Å². The number of nitrogens with one attached hydrogen (secondary N) is 1. The van der Waals surface area contributed by atoms with Crippen LogP contribution in [0.4, 0.5) is 0 Å². The van der Waals surface area contributed by atoms with Gasteiger partial charge in [0.1, 0.15) is 0 Å². The van der Waals surface area contributed by atoms with Crippen molar-refractivity contribution >= 4 is 5.91 Å². The summed E-state index contributed by atoms with van der Waals surface area (Å²) in [5.41, 5.74) is 5.34. The second kappa shape index (κ2) is 3.64. The van der Waals surface area contributed by atoms with Crippen LogP contribution in [-0.4, -0.2) is 31.2 Å². The van der Waals surface area contributed by atoms with Crippen LogP contribution < -0.4 is 11.1 Å². The molecule has 1 amide bonds. The largest absolute Gasteiger partial charge is 0.381 e. The van der Waals surface area contributed by atoms with Crippen LogP contribution in [0.2, 0.25) is 0 Å². The molecule has 0 spiro atoms. The highest BCUT2D eigenvalue weighted by Crippen LogP contribution is 2.23. The number of hydrogen-bond acceptors (Lipinski definition) is 3. The van der Waals surface area contributed by atoms with E-state index < -0.39 is 0 Å². The Bertz CT molecular complexity index is 198. The molecule has 2 fully saturated rings. The molecule has 0 aromatic rings. The Morgan fingerprint density at radius 3 is 2.69 bits per heavy atom. The van der Waals surface area contributed by atoms with Crippen LogP contribution in [-0.2, 0) is 9.53 Å². The highest BCUT2D eigenvalue weighted by molar-refractivity contribution is 5.80. The third kappa shape index (κ3) is 2.19. The fraction of sp³-hybridized carbons (Fsp3) is 0.889. The van der Waals surface area contributed by atoms with E-state index in [9.17, 15) is 4.79 Å². The Kier molecular flexibility index (Phi) is 2.51. The van der Waals surface area contributed by atoms with Gasteiger partial charge in [0.2, 0.25) is 5.91 Å². The molecule has 1 heterocycles. The number of nitrogens with two attached hydrogens (primary N) is 1. The summed E-state index contributed by atoms with van der Waals surface area (Å²) in [6.07, 6.45) is 3.31. The van der Waals surface area contributed by atoms with Crippen molar-refractivity contribution in [2.45, 2.75) is 31.3 Å². The van der Waals surface area contributed by atoms with Crippen molar-refractivity contribution in [3.05, 3.63) is 0 Å². The minimum absolute atomic E-state index is 0.171. The lowest BCUT2D eigenvalue weighted by Crippen LogP contribution is -2.47. The second-order valence-corrected chi connectivity index (χ2v) is 3.94. The van der Waals surface area contributed by atoms with Crippen LogP contribution in [0.1, 0.15) is 19.3 Å². The number of carbonyl (C=O) groups excluding carboxylic acids is 1. The molecule has 2 atom stereocenters. The van der Waals surface area contributed by atoms with Gasteiger partial charge < -0.3 is 15.8 Å². The molecule has 4 nitrogen and oxygen atoms in total. The molecule has 1 saturated heterocycles. The van der Waals surface area contributed by atoms with Gasteiger partial charge in [-0.3, -0.25) is 4.79 Å². The SMILES string of the molecule is NC(=O)C(NC1CC1)C1CCOC1. The smallest absolute Gasteiger partial charge is 0.234 e. The maximum Gasteiger partial charge on any atom is 0.234 e. The van der Waals surface area contributed by atoms with Crippen LogP contribution in [0.15, 0.2) is 0 Å². The average Bonchev–Trinajstić information content (AvgIpc) is 2.75. The Morgan fingerprint density at radius 1 is 1.46 bits per heavy atom. The predicted molar refractivity (Wildman–Crippen MR) is 48.1 cm³/mol. The number of carbonyl (C=O) groups is 1. The van der Waals surface area contributed by atoms with Gasteiger partial charge in [0.15, 0.2) is 0 Å². The third-order valence-corrected chi connectivity index (χ3v) is 2.74. The van der Waals surface area contributed by atoms with Gasteiger partial charge >= 0.3 is 0 Å². The summed E-state index contributed by atoms with van der Waals surface area (Å²) in [6.45, 7) is 1.44. The van der Waals surface area contributed by atoms with Crippen LogP contribution >= 0.6 is 0 Å². The molecule has 4 heteroatoms. The topological polar surface area (TPSA) is 64.4 Å². The van der Waals surface area contributed by atoms with Crippen molar-refractivity contribution in [1.29, 1.82) is 0 Å². The molecule has 2 unspecified atom stereocenters. The summed E-state index contributed by atoms with van der Waals surface area (Å²) in [7, 11) is 0. The number of amides is 1. The Hall–Kier alpha value is -0.610. The molecule has 2 rings (SSSR count). The summed E-state index contributed by atoms with van der Waals surface area (Å²) in [5, 5.41) is 3.28. The quantitative estimate of drug-likeness (QED) is 0.626. The molecule has 13 heavy (non-hydrogen) atoms. The average molecular weight is 184 g/mol. The molecular formula is C9H16N2O2. The van der Waals surface area contributed by atoms with Crippen molar-refractivity contribution in [3.8, 4) is 0 Å². The molecule has 1 aliphatic carbocycles. The molecule has 3 N–H and O–H groups in total. The molecule has 0 aromatic carbocycles. The van der Waals surface area contributed by atoms with Gasteiger partial charge in [0.05, 0.1) is 12.6 Å². The Balaban J connectivity index is 1.90. The van der Waals surface area contributed by atoms with Crippen molar-refractivity contribution in [2.75, 3.05) is 13.2 Å². The molecule has 0 bridgehead atoms. The molecule has 2 aliphatic rings. The minimum Gasteiger partial charge on any atom is -0.381 e. The summed E-state index contributed by atoms with van der Waals surface area (Å²) >= 11 is 0. The summed E-state index contributed by atoms with van der Waals surface area (Å²) in [4.78, 5) is 11.2. The number of ether oxygens (including phenoxy) is 1. The lowest BCUT2D eigenvalue weighted by Gasteiger charge is -2.20. The van der Waals surface area contributed by atoms with E-state index in [2.05, 4.69) is 5.32 Å². The minimum atomic E-state index is -0.234. The van der Waals surface area contributed by atoms with E-state index in [4.69, 9.17) is 10.5 Å². The number of rotatable bonds is 4. The first kappa shape index (κ1) is 8.97. The predicted octanol–water partition coefficient (Wildman–Crippen LogP) is -0.371. The fourth-order valence-corrected chi connectivity index (χ4v) is 1.77.